The van der Waals surface area contributed by atoms with E-state index in [0.29, 0.717) is 105 Å². The van der Waals surface area contributed by atoms with Crippen LogP contribution in [0.5, 0.6) is 0 Å². The average Bonchev–Trinajstić information content (AvgIpc) is 3.52. The molecule has 60 heavy (non-hydrogen) atoms. The molecule has 1 unspecified atom stereocenters. The van der Waals surface area contributed by atoms with E-state index in [9.17, 15) is 14.7 Å². The van der Waals surface area contributed by atoms with E-state index in [2.05, 4.69) is 36.9 Å². The van der Waals surface area contributed by atoms with Gasteiger partial charge in [-0.3, -0.25) is 9.59 Å². The molecule has 2 rings (SSSR count). The molecule has 0 aromatic carbocycles. The zero-order chi connectivity index (χ0) is 43.5. The predicted octanol–water partition coefficient (Wildman–Crippen LogP) is 3.76. The van der Waals surface area contributed by atoms with Crippen LogP contribution in [0.4, 0.5) is 5.69 Å². The normalized spacial score (nSPS) is 13.3. The number of aliphatic hydroxyl groups excluding tert-OH is 1. The molecule has 0 bridgehead atoms. The van der Waals surface area contributed by atoms with Gasteiger partial charge in [0.2, 0.25) is 5.91 Å². The summed E-state index contributed by atoms with van der Waals surface area (Å²) in [6.45, 7) is 13.6. The third-order valence-electron chi connectivity index (χ3n) is 8.89. The first-order valence-corrected chi connectivity index (χ1v) is 22.3. The molecule has 0 saturated carbocycles. The summed E-state index contributed by atoms with van der Waals surface area (Å²) in [6, 6.07) is 2.13. The van der Waals surface area contributed by atoms with Gasteiger partial charge >= 0.3 is 5.97 Å². The first kappa shape index (κ1) is 53.5. The number of ether oxygens (including phenoxy) is 9. The van der Waals surface area contributed by atoms with Crippen molar-refractivity contribution in [1.29, 1.82) is 0 Å². The van der Waals surface area contributed by atoms with Crippen molar-refractivity contribution < 1.29 is 62.4 Å². The SMILES string of the molecule is CCCN(CCC)C(=O)C1=Cc2sc(CCCCCN(C)CCOCCOC(CO)OCCOCCOCCOCCOCCOCCOCCC(=O)O)cc2N=C(N)C1. The number of aliphatic hydroxyl groups is 1. The number of hydrogen-bond donors (Lipinski definition) is 3. The number of nitrogens with zero attached hydrogens (tertiary/aromatic N) is 3. The van der Waals surface area contributed by atoms with Crippen LogP contribution in [-0.4, -0.2) is 190 Å². The van der Waals surface area contributed by atoms with Gasteiger partial charge in [0.05, 0.1) is 129 Å². The fourth-order valence-corrected chi connectivity index (χ4v) is 6.95. The van der Waals surface area contributed by atoms with Crippen LogP contribution >= 0.6 is 11.3 Å². The molecule has 18 heteroatoms. The minimum atomic E-state index is -0.882. The van der Waals surface area contributed by atoms with Gasteiger partial charge < -0.3 is 68.4 Å². The summed E-state index contributed by atoms with van der Waals surface area (Å²) in [5.41, 5.74) is 7.83. The van der Waals surface area contributed by atoms with E-state index in [4.69, 9.17) is 53.5 Å². The van der Waals surface area contributed by atoms with Gasteiger partial charge in [0.15, 0.2) is 6.29 Å². The minimum Gasteiger partial charge on any atom is -0.481 e. The molecular weight excluding hydrogens is 801 g/mol. The molecule has 0 aliphatic carbocycles. The number of nitrogens with two attached hydrogens (primary N) is 1. The monoisotopic (exact) mass is 874 g/mol. The number of carboxylic acid groups (broad SMARTS) is 1. The molecule has 17 nitrogen and oxygen atoms in total. The van der Waals surface area contributed by atoms with Crippen molar-refractivity contribution in [3.05, 3.63) is 21.4 Å². The molecule has 1 aliphatic heterocycles. The molecule has 4 N–H and O–H groups in total. The Hall–Kier alpha value is -2.59. The Morgan fingerprint density at radius 1 is 0.733 bits per heavy atom. The topological polar surface area (TPSA) is 203 Å². The van der Waals surface area contributed by atoms with Crippen LogP contribution in [0.3, 0.4) is 0 Å². The molecule has 0 radical (unpaired) electrons. The van der Waals surface area contributed by atoms with Crippen molar-refractivity contribution in [3.8, 4) is 0 Å². The molecule has 1 aromatic rings. The van der Waals surface area contributed by atoms with E-state index < -0.39 is 12.3 Å². The summed E-state index contributed by atoms with van der Waals surface area (Å²) in [7, 11) is 2.10. The quantitative estimate of drug-likeness (QED) is 0.0634. The molecule has 1 aromatic heterocycles. The Balaban J connectivity index is 1.39. The highest BCUT2D eigenvalue weighted by molar-refractivity contribution is 7.13. The van der Waals surface area contributed by atoms with Gasteiger partial charge in [0.25, 0.3) is 0 Å². The lowest BCUT2D eigenvalue weighted by Crippen LogP contribution is -2.34. The standard InChI is InChI=1S/C42H74N4O13S/c1-4-11-46(12-5-2)42(50)35-31-38-37(44-39(43)32-35)33-36(60-38)9-7-6-8-13-45(3)14-16-52-27-29-58-41(34-47)59-30-28-57-26-25-56-24-23-55-22-21-54-20-19-53-18-17-51-15-10-40(48)49/h31,33,41,47H,4-30,32,34H2,1-3H3,(H2,43,44)(H,48,49). The minimum absolute atomic E-state index is 0.0125. The van der Waals surface area contributed by atoms with Gasteiger partial charge in [-0.2, -0.15) is 0 Å². The number of hydrogen-bond acceptors (Lipinski definition) is 16. The molecule has 1 amide bonds. The summed E-state index contributed by atoms with van der Waals surface area (Å²) in [5.74, 6) is -0.326. The number of amides is 1. The van der Waals surface area contributed by atoms with Crippen molar-refractivity contribution in [3.63, 3.8) is 0 Å². The maximum atomic E-state index is 13.3. The van der Waals surface area contributed by atoms with Crippen molar-refractivity contribution >= 4 is 40.8 Å². The second-order valence-electron chi connectivity index (χ2n) is 14.1. The highest BCUT2D eigenvalue weighted by Crippen LogP contribution is 2.35. The molecule has 346 valence electrons. The van der Waals surface area contributed by atoms with Gasteiger partial charge in [-0.05, 0) is 57.8 Å². The maximum absolute atomic E-state index is 13.3. The third kappa shape index (κ3) is 26.7. The zero-order valence-electron chi connectivity index (χ0n) is 36.5. The number of thiophene rings is 1. The van der Waals surface area contributed by atoms with Crippen LogP contribution in [-0.2, 0) is 58.6 Å². The molecule has 0 saturated heterocycles. The van der Waals surface area contributed by atoms with Crippen LogP contribution in [0.15, 0.2) is 16.6 Å². The molecule has 1 atom stereocenters. The number of likely N-dealkylation sites (N-methyl/N-ethyl adjacent to an activating group) is 1. The fourth-order valence-electron chi connectivity index (χ4n) is 5.84. The number of rotatable bonds is 41. The number of unbranched alkanes of at least 4 members (excludes halogenated alkanes) is 2. The lowest BCUT2D eigenvalue weighted by Gasteiger charge is -2.22. The van der Waals surface area contributed by atoms with E-state index in [1.165, 1.54) is 4.88 Å². The average molecular weight is 875 g/mol. The molecule has 1 aliphatic rings. The van der Waals surface area contributed by atoms with Crippen LogP contribution in [0.2, 0.25) is 0 Å². The van der Waals surface area contributed by atoms with E-state index in [1.807, 2.05) is 11.0 Å². The van der Waals surface area contributed by atoms with Gasteiger partial charge in [0.1, 0.15) is 5.84 Å². The number of aryl methyl sites for hydroxylation is 1. The number of aliphatic imine (C=N–C) groups is 1. The lowest BCUT2D eigenvalue weighted by atomic mass is 10.1. The van der Waals surface area contributed by atoms with Crippen molar-refractivity contribution in [2.24, 2.45) is 10.7 Å². The second kappa shape index (κ2) is 35.9. The summed E-state index contributed by atoms with van der Waals surface area (Å²) >= 11 is 1.71. The molecule has 2 heterocycles. The number of carbonyl (C=O) groups is 2. The predicted molar refractivity (Wildman–Crippen MR) is 231 cm³/mol. The van der Waals surface area contributed by atoms with E-state index in [0.717, 1.165) is 80.8 Å². The van der Waals surface area contributed by atoms with E-state index >= 15 is 0 Å². The third-order valence-corrected chi connectivity index (χ3v) is 10.0. The van der Waals surface area contributed by atoms with Gasteiger partial charge in [-0.25, -0.2) is 4.99 Å². The first-order valence-electron chi connectivity index (χ1n) is 21.5. The maximum Gasteiger partial charge on any atom is 0.305 e. The smallest absolute Gasteiger partial charge is 0.305 e. The van der Waals surface area contributed by atoms with Crippen LogP contribution in [0, 0.1) is 0 Å². The number of amidine groups is 1. The highest BCUT2D eigenvalue weighted by Gasteiger charge is 2.22. The van der Waals surface area contributed by atoms with Crippen LogP contribution < -0.4 is 5.73 Å². The zero-order valence-corrected chi connectivity index (χ0v) is 37.3. The number of carbonyl (C=O) groups excluding carboxylic acids is 1. The van der Waals surface area contributed by atoms with Crippen molar-refractivity contribution in [2.75, 3.05) is 146 Å². The Morgan fingerprint density at radius 2 is 1.25 bits per heavy atom. The van der Waals surface area contributed by atoms with Crippen LogP contribution in [0.25, 0.3) is 6.08 Å². The second-order valence-corrected chi connectivity index (χ2v) is 15.3. The Kier molecular flexibility index (Phi) is 32.1. The lowest BCUT2D eigenvalue weighted by molar-refractivity contribution is -0.175. The van der Waals surface area contributed by atoms with E-state index in [1.54, 1.807) is 11.3 Å². The first-order chi connectivity index (χ1) is 29.3. The fraction of sp³-hybridized carbons (Fsp3) is 0.786. The summed E-state index contributed by atoms with van der Waals surface area (Å²) < 4.78 is 49.2. The Morgan fingerprint density at radius 3 is 1.77 bits per heavy atom. The summed E-state index contributed by atoms with van der Waals surface area (Å²) in [4.78, 5) is 34.8. The highest BCUT2D eigenvalue weighted by atomic mass is 32.1. The van der Waals surface area contributed by atoms with E-state index in [-0.39, 0.29) is 32.1 Å². The van der Waals surface area contributed by atoms with Crippen molar-refractivity contribution in [1.82, 2.24) is 9.80 Å². The van der Waals surface area contributed by atoms with Gasteiger partial charge in [-0.15, -0.1) is 11.3 Å². The van der Waals surface area contributed by atoms with Gasteiger partial charge in [-0.1, -0.05) is 20.3 Å². The Labute approximate surface area is 361 Å². The largest absolute Gasteiger partial charge is 0.481 e. The summed E-state index contributed by atoms with van der Waals surface area (Å²) in [6.07, 6.45) is 7.76. The Bertz CT molecular complexity index is 1310. The summed E-state index contributed by atoms with van der Waals surface area (Å²) in [5, 5.41) is 18.1. The molecule has 0 fully saturated rings. The number of carboxylic acids is 1. The number of aliphatic carboxylic acids is 1. The number of fused-ring (bicyclic) bond motifs is 1. The van der Waals surface area contributed by atoms with Crippen LogP contribution in [0.1, 0.15) is 68.5 Å². The van der Waals surface area contributed by atoms with Crippen molar-refractivity contribution in [2.45, 2.75) is 71.5 Å². The van der Waals surface area contributed by atoms with Gasteiger partial charge in [0, 0.05) is 36.5 Å². The molecular formula is C42H74N4O13S. The molecule has 0 spiro atoms.